The van der Waals surface area contributed by atoms with E-state index in [-0.39, 0.29) is 36.2 Å². The van der Waals surface area contributed by atoms with Crippen molar-refractivity contribution >= 4 is 23.2 Å². The number of carbonyl (C=O) groups excluding carboxylic acids is 2. The van der Waals surface area contributed by atoms with E-state index >= 15 is 0 Å². The average Bonchev–Trinajstić information content (AvgIpc) is 2.73. The van der Waals surface area contributed by atoms with Gasteiger partial charge in [0.15, 0.2) is 11.5 Å². The van der Waals surface area contributed by atoms with E-state index in [4.69, 9.17) is 14.2 Å². The van der Waals surface area contributed by atoms with E-state index in [1.807, 2.05) is 0 Å². The van der Waals surface area contributed by atoms with E-state index in [0.29, 0.717) is 11.3 Å². The van der Waals surface area contributed by atoms with Crippen molar-refractivity contribution in [3.05, 3.63) is 57.6 Å². The molecule has 30 heavy (non-hydrogen) atoms. The summed E-state index contributed by atoms with van der Waals surface area (Å²) in [5, 5.41) is 14.1. The Morgan fingerprint density at radius 1 is 1.07 bits per heavy atom. The molecule has 10 nitrogen and oxygen atoms in total. The van der Waals surface area contributed by atoms with Gasteiger partial charge in [-0.05, 0) is 24.3 Å². The maximum absolute atomic E-state index is 12.7. The normalized spacial score (nSPS) is 10.3. The first-order valence-corrected chi connectivity index (χ1v) is 8.89. The lowest BCUT2D eigenvalue weighted by Crippen LogP contribution is -2.21. The fourth-order valence-corrected chi connectivity index (χ4v) is 2.54. The molecule has 1 N–H and O–H groups in total. The zero-order chi connectivity index (χ0) is 22.3. The highest BCUT2D eigenvalue weighted by atomic mass is 16.6. The van der Waals surface area contributed by atoms with Gasteiger partial charge in [-0.15, -0.1) is 0 Å². The Hall–Kier alpha value is -3.66. The van der Waals surface area contributed by atoms with E-state index in [1.54, 1.807) is 38.4 Å². The number of methoxy groups -OCH3 is 2. The zero-order valence-corrected chi connectivity index (χ0v) is 17.1. The quantitative estimate of drug-likeness (QED) is 0.378. The van der Waals surface area contributed by atoms with Crippen LogP contribution in [0.4, 0.5) is 11.4 Å². The molecule has 0 spiro atoms. The smallest absolute Gasteiger partial charge is 0.286 e. The topological polar surface area (TPSA) is 120 Å². The predicted octanol–water partition coefficient (Wildman–Crippen LogP) is 2.58. The Kier molecular flexibility index (Phi) is 7.70. The molecule has 0 aliphatic carbocycles. The van der Waals surface area contributed by atoms with Crippen LogP contribution in [-0.4, -0.2) is 63.2 Å². The van der Waals surface area contributed by atoms with Crippen molar-refractivity contribution in [3.63, 3.8) is 0 Å². The summed E-state index contributed by atoms with van der Waals surface area (Å²) in [5.41, 5.74) is 0.205. The van der Waals surface area contributed by atoms with E-state index in [1.165, 1.54) is 25.2 Å². The molecule has 2 amide bonds. The van der Waals surface area contributed by atoms with Gasteiger partial charge in [0.2, 0.25) is 0 Å². The Balaban J connectivity index is 2.29. The number of nitrogens with zero attached hydrogens (tertiary/aromatic N) is 2. The second kappa shape index (κ2) is 10.2. The van der Waals surface area contributed by atoms with Crippen LogP contribution < -0.4 is 14.8 Å². The summed E-state index contributed by atoms with van der Waals surface area (Å²) < 4.78 is 15.5. The summed E-state index contributed by atoms with van der Waals surface area (Å²) in [7, 11) is 6.13. The van der Waals surface area contributed by atoms with E-state index in [9.17, 15) is 19.7 Å². The van der Waals surface area contributed by atoms with Crippen molar-refractivity contribution in [2.24, 2.45) is 0 Å². The van der Waals surface area contributed by atoms with Crippen LogP contribution in [-0.2, 0) is 4.74 Å². The highest BCUT2D eigenvalue weighted by molar-refractivity contribution is 6.07. The number of hydrogen-bond acceptors (Lipinski definition) is 7. The second-order valence-corrected chi connectivity index (χ2v) is 6.35. The zero-order valence-electron chi connectivity index (χ0n) is 17.1. The monoisotopic (exact) mass is 417 g/mol. The molecule has 0 atom stereocenters. The molecule has 10 heteroatoms. The summed E-state index contributed by atoms with van der Waals surface area (Å²) >= 11 is 0. The molecule has 0 saturated heterocycles. The van der Waals surface area contributed by atoms with Gasteiger partial charge in [0, 0.05) is 38.5 Å². The highest BCUT2D eigenvalue weighted by Crippen LogP contribution is 2.35. The van der Waals surface area contributed by atoms with Crippen molar-refractivity contribution in [1.29, 1.82) is 0 Å². The summed E-state index contributed by atoms with van der Waals surface area (Å²) in [4.78, 5) is 36.9. The third kappa shape index (κ3) is 5.45. The van der Waals surface area contributed by atoms with Gasteiger partial charge in [0.05, 0.1) is 24.7 Å². The minimum Gasteiger partial charge on any atom is -0.493 e. The van der Waals surface area contributed by atoms with Gasteiger partial charge in [-0.25, -0.2) is 0 Å². The lowest BCUT2D eigenvalue weighted by molar-refractivity contribution is -0.385. The molecular formula is C20H23N3O7. The van der Waals surface area contributed by atoms with Crippen LogP contribution in [0.5, 0.6) is 11.5 Å². The second-order valence-electron chi connectivity index (χ2n) is 6.35. The van der Waals surface area contributed by atoms with Gasteiger partial charge in [-0.2, -0.15) is 0 Å². The lowest BCUT2D eigenvalue weighted by atomic mass is 10.1. The molecule has 0 aromatic heterocycles. The van der Waals surface area contributed by atoms with Gasteiger partial charge in [-0.1, -0.05) is 0 Å². The van der Waals surface area contributed by atoms with Crippen LogP contribution in [0.1, 0.15) is 20.7 Å². The number of nitro groups is 1. The number of nitro benzene ring substituents is 1. The van der Waals surface area contributed by atoms with E-state index < -0.39 is 16.5 Å². The summed E-state index contributed by atoms with van der Waals surface area (Å²) in [6.45, 7) is 0.444. The van der Waals surface area contributed by atoms with Gasteiger partial charge in [0.1, 0.15) is 12.2 Å². The Bertz CT molecular complexity index is 927. The van der Waals surface area contributed by atoms with Gasteiger partial charge >= 0.3 is 0 Å². The Morgan fingerprint density at radius 2 is 1.73 bits per heavy atom. The molecule has 2 rings (SSSR count). The highest BCUT2D eigenvalue weighted by Gasteiger charge is 2.25. The first-order valence-electron chi connectivity index (χ1n) is 8.89. The van der Waals surface area contributed by atoms with Crippen molar-refractivity contribution in [3.8, 4) is 11.5 Å². The summed E-state index contributed by atoms with van der Waals surface area (Å²) in [5.74, 6) is -0.578. The number of carbonyl (C=O) groups is 2. The minimum absolute atomic E-state index is 0.129. The fraction of sp³-hybridized carbons (Fsp3) is 0.300. The third-order valence-electron chi connectivity index (χ3n) is 4.06. The molecule has 0 aliphatic rings. The molecule has 2 aromatic rings. The number of ether oxygens (including phenoxy) is 3. The maximum Gasteiger partial charge on any atom is 0.286 e. The molecule has 2 aromatic carbocycles. The van der Waals surface area contributed by atoms with Crippen LogP contribution >= 0.6 is 0 Å². The maximum atomic E-state index is 12.7. The first kappa shape index (κ1) is 22.6. The number of amides is 2. The fourth-order valence-electron chi connectivity index (χ4n) is 2.54. The van der Waals surface area contributed by atoms with Crippen molar-refractivity contribution in [2.45, 2.75) is 0 Å². The van der Waals surface area contributed by atoms with Crippen molar-refractivity contribution in [1.82, 2.24) is 4.90 Å². The number of nitrogens with one attached hydrogen (secondary N) is 1. The van der Waals surface area contributed by atoms with Crippen LogP contribution in [0, 0.1) is 10.1 Å². The largest absolute Gasteiger partial charge is 0.493 e. The average molecular weight is 417 g/mol. The Labute approximate surface area is 173 Å². The summed E-state index contributed by atoms with van der Waals surface area (Å²) in [6, 6.07) is 8.58. The number of benzene rings is 2. The first-order chi connectivity index (χ1) is 14.3. The van der Waals surface area contributed by atoms with E-state index in [0.717, 1.165) is 6.07 Å². The number of hydrogen-bond donors (Lipinski definition) is 1. The summed E-state index contributed by atoms with van der Waals surface area (Å²) in [6.07, 6.45) is 0. The van der Waals surface area contributed by atoms with Gasteiger partial charge < -0.3 is 24.4 Å². The molecule has 0 fully saturated rings. The van der Waals surface area contributed by atoms with Crippen LogP contribution in [0.3, 0.4) is 0 Å². The molecule has 0 heterocycles. The van der Waals surface area contributed by atoms with Crippen molar-refractivity contribution < 1.29 is 28.7 Å². The number of rotatable bonds is 9. The van der Waals surface area contributed by atoms with E-state index in [2.05, 4.69) is 5.32 Å². The molecule has 0 aliphatic heterocycles. The van der Waals surface area contributed by atoms with Crippen LogP contribution in [0.2, 0.25) is 0 Å². The van der Waals surface area contributed by atoms with Crippen molar-refractivity contribution in [2.75, 3.05) is 46.8 Å². The standard InChI is InChI=1S/C20H23N3O7/c1-22(2)20(25)13-5-7-14(8-6-13)21-19(24)15-11-17(29-4)18(30-10-9-28-3)12-16(15)23(26)27/h5-8,11-12H,9-10H2,1-4H3,(H,21,24). The SMILES string of the molecule is COCCOc1cc([N+](=O)[O-])c(C(=O)Nc2ccc(C(=O)N(C)C)cc2)cc1OC. The molecule has 0 bridgehead atoms. The molecule has 0 radical (unpaired) electrons. The predicted molar refractivity (Wildman–Crippen MR) is 109 cm³/mol. The van der Waals surface area contributed by atoms with Gasteiger partial charge in [0.25, 0.3) is 17.5 Å². The lowest BCUT2D eigenvalue weighted by Gasteiger charge is -2.13. The van der Waals surface area contributed by atoms with Crippen LogP contribution in [0.25, 0.3) is 0 Å². The number of anilines is 1. The molecule has 160 valence electrons. The molecule has 0 saturated carbocycles. The van der Waals surface area contributed by atoms with Gasteiger partial charge in [-0.3, -0.25) is 19.7 Å². The third-order valence-corrected chi connectivity index (χ3v) is 4.06. The molecular weight excluding hydrogens is 394 g/mol. The molecule has 0 unspecified atom stereocenters. The minimum atomic E-state index is -0.699. The van der Waals surface area contributed by atoms with Crippen LogP contribution in [0.15, 0.2) is 36.4 Å². The Morgan fingerprint density at radius 3 is 2.27 bits per heavy atom.